The zero-order valence-corrected chi connectivity index (χ0v) is 54.9. The number of aliphatic hydroxyl groups excluding tert-OH is 1. The van der Waals surface area contributed by atoms with Crippen LogP contribution in [0.2, 0.25) is 0 Å². The maximum Gasteiger partial charge on any atom is 0.327 e. The van der Waals surface area contributed by atoms with E-state index in [2.05, 4.69) is 62.4 Å². The number of ether oxygens (including phenoxy) is 5. The van der Waals surface area contributed by atoms with E-state index in [1.165, 1.54) is 13.8 Å². The molecular weight excluding hydrogens is 1210 g/mol. The summed E-state index contributed by atoms with van der Waals surface area (Å²) in [7, 11) is -1.85. The molecule has 33 nitrogen and oxygen atoms in total. The lowest BCUT2D eigenvalue weighted by Crippen LogP contribution is -2.54. The Balaban J connectivity index is 5.79. The Morgan fingerprint density at radius 3 is 1.33 bits per heavy atom. The van der Waals surface area contributed by atoms with Gasteiger partial charge in [-0.05, 0) is 85.5 Å². The van der Waals surface area contributed by atoms with Crippen molar-refractivity contribution in [2.24, 2.45) is 23.6 Å². The van der Waals surface area contributed by atoms with Gasteiger partial charge < -0.3 is 95.4 Å². The minimum absolute atomic E-state index is 0.0213. The summed E-state index contributed by atoms with van der Waals surface area (Å²) in [4.78, 5) is 129. The van der Waals surface area contributed by atoms with E-state index >= 15 is 0 Å². The molecular formula is C56H109N12O21P. The van der Waals surface area contributed by atoms with Crippen LogP contribution in [0.15, 0.2) is 0 Å². The molecule has 0 spiro atoms. The lowest BCUT2D eigenvalue weighted by molar-refractivity contribution is -0.134. The van der Waals surface area contributed by atoms with Gasteiger partial charge >= 0.3 is 7.60 Å². The average Bonchev–Trinajstić information content (AvgIpc) is 3.14. The summed E-state index contributed by atoms with van der Waals surface area (Å²) in [5, 5.41) is 34.3. The molecule has 524 valence electrons. The molecule has 0 aliphatic rings. The number of amides is 9. The Hall–Kier alpha value is -5.10. The topological polar surface area (TPSA) is 470 Å². The standard InChI is InChI=1S/C56H109N12O21P/c1-55(2,23-22-51(75)62-24-10-7-13-43(39-69)40-89-90(6,79)80-5)85-41-56(3,4)84-34-30-66-53(77)44(14-8-11-25-60-46(70)16-18-48(72)63-27-31-81-35-37-86-57)68-54(78)45(67-52(76)21-20-50(74)65-29-33-83-42-88-59)15-9-12-26-61-47(71)17-19-49(73)64-28-32-82-36-38-87-58/h43-45,69H,7-42,57-59H2,1-6H3,(H,60,70)(H,61,71)(H,62,75)(H,63,72)(H,64,73)(H,65,74)(H,66,77)(H,67,76)(H,68,78). The van der Waals surface area contributed by atoms with E-state index in [0.717, 1.165) is 0 Å². The second kappa shape index (κ2) is 53.4. The normalized spacial score (nSPS) is 13.2. The molecule has 0 aromatic rings. The van der Waals surface area contributed by atoms with Crippen LogP contribution in [0.25, 0.3) is 0 Å². The third kappa shape index (κ3) is 50.5. The van der Waals surface area contributed by atoms with E-state index in [4.69, 9.17) is 50.4 Å². The first-order valence-electron chi connectivity index (χ1n) is 30.7. The molecule has 4 atom stereocenters. The molecule has 0 bridgehead atoms. The zero-order valence-electron chi connectivity index (χ0n) is 54.0. The van der Waals surface area contributed by atoms with Gasteiger partial charge in [0.25, 0.3) is 0 Å². The highest BCUT2D eigenvalue weighted by atomic mass is 31.2. The second-order valence-corrected chi connectivity index (χ2v) is 24.3. The van der Waals surface area contributed by atoms with Crippen molar-refractivity contribution in [3.63, 3.8) is 0 Å². The Bertz CT molecular complexity index is 2070. The molecule has 34 heteroatoms. The van der Waals surface area contributed by atoms with Gasteiger partial charge in [0, 0.05) is 117 Å². The Morgan fingerprint density at radius 1 is 0.456 bits per heavy atom. The van der Waals surface area contributed by atoms with Gasteiger partial charge in [-0.25, -0.2) is 17.7 Å². The number of hydrogen-bond acceptors (Lipinski definition) is 24. The highest BCUT2D eigenvalue weighted by Gasteiger charge is 2.29. The highest BCUT2D eigenvalue weighted by molar-refractivity contribution is 7.52. The van der Waals surface area contributed by atoms with E-state index in [9.17, 15) is 52.8 Å². The number of hydrogen-bond donors (Lipinski definition) is 13. The van der Waals surface area contributed by atoms with Gasteiger partial charge in [-0.3, -0.25) is 52.6 Å². The van der Waals surface area contributed by atoms with Gasteiger partial charge in [0.05, 0.1) is 77.3 Å². The Morgan fingerprint density at radius 2 is 0.878 bits per heavy atom. The molecule has 0 aliphatic carbocycles. The fourth-order valence-electron chi connectivity index (χ4n) is 7.83. The molecule has 0 aliphatic heterocycles. The molecule has 0 saturated heterocycles. The van der Waals surface area contributed by atoms with Crippen LogP contribution in [-0.4, -0.2) is 221 Å². The van der Waals surface area contributed by atoms with E-state index in [1.54, 1.807) is 0 Å². The summed E-state index contributed by atoms with van der Waals surface area (Å²) in [5.74, 6) is 10.8. The summed E-state index contributed by atoms with van der Waals surface area (Å²) in [6, 6.07) is -2.31. The van der Waals surface area contributed by atoms with Gasteiger partial charge in [0.1, 0.15) is 12.1 Å². The highest BCUT2D eigenvalue weighted by Crippen LogP contribution is 2.43. The van der Waals surface area contributed by atoms with Crippen molar-refractivity contribution in [3.05, 3.63) is 0 Å². The number of nitrogens with two attached hydrogens (primary N) is 3. The molecule has 90 heavy (non-hydrogen) atoms. The molecule has 0 fully saturated rings. The fraction of sp³-hybridized carbons (Fsp3) is 0.839. The molecule has 4 unspecified atom stereocenters. The van der Waals surface area contributed by atoms with Crippen LogP contribution in [-0.2, 0) is 95.0 Å². The number of aliphatic hydroxyl groups is 1. The predicted octanol–water partition coefficient (Wildman–Crippen LogP) is -1.24. The van der Waals surface area contributed by atoms with Gasteiger partial charge in [0.2, 0.25) is 53.2 Å². The van der Waals surface area contributed by atoms with E-state index in [-0.39, 0.29) is 212 Å². The molecule has 0 aromatic heterocycles. The summed E-state index contributed by atoms with van der Waals surface area (Å²) in [6.07, 6.45) is 3.46. The number of rotatable bonds is 60. The first kappa shape index (κ1) is 84.9. The van der Waals surface area contributed by atoms with Crippen molar-refractivity contribution in [3.8, 4) is 0 Å². The van der Waals surface area contributed by atoms with Crippen molar-refractivity contribution >= 4 is 60.8 Å². The van der Waals surface area contributed by atoms with E-state index in [1.807, 2.05) is 27.7 Å². The predicted molar refractivity (Wildman–Crippen MR) is 329 cm³/mol. The van der Waals surface area contributed by atoms with E-state index in [0.29, 0.717) is 57.9 Å². The third-order valence-corrected chi connectivity index (χ3v) is 14.5. The zero-order chi connectivity index (χ0) is 67.3. The largest absolute Gasteiger partial charge is 0.396 e. The van der Waals surface area contributed by atoms with Gasteiger partial charge in [-0.2, -0.15) is 0 Å². The maximum absolute atomic E-state index is 14.2. The molecule has 0 saturated carbocycles. The number of unbranched alkanes of at least 4 members (excludes halogenated alkanes) is 3. The third-order valence-electron chi connectivity index (χ3n) is 13.2. The lowest BCUT2D eigenvalue weighted by Gasteiger charge is -2.32. The van der Waals surface area contributed by atoms with Crippen LogP contribution >= 0.6 is 7.60 Å². The van der Waals surface area contributed by atoms with Crippen molar-refractivity contribution in [1.82, 2.24) is 47.9 Å². The average molecular weight is 1320 g/mol. The van der Waals surface area contributed by atoms with Crippen LogP contribution in [0.5, 0.6) is 0 Å². The SMILES string of the molecule is COP(C)(=O)OCC(CO)CCCCNC(=O)CCC(C)(C)OCC(C)(C)OCCNC(=O)C(CCCCNC(=O)CCC(=O)NCCOCCON)NC(=O)C(CCCCNC(=O)CCC(=O)NCCOCCON)NC(=O)CCC(=O)NCCOCON. The van der Waals surface area contributed by atoms with E-state index < -0.39 is 54.5 Å². The van der Waals surface area contributed by atoms with Gasteiger partial charge in [-0.15, -0.1) is 0 Å². The first-order valence-corrected chi connectivity index (χ1v) is 32.7. The van der Waals surface area contributed by atoms with Crippen molar-refractivity contribution in [2.75, 3.05) is 139 Å². The molecule has 16 N–H and O–H groups in total. The van der Waals surface area contributed by atoms with Crippen LogP contribution in [0.1, 0.15) is 137 Å². The number of nitrogens with one attached hydrogen (secondary N) is 9. The Labute approximate surface area is 529 Å². The number of carbonyl (C=O) groups excluding carboxylic acids is 9. The summed E-state index contributed by atoms with van der Waals surface area (Å²) < 4.78 is 50.0. The first-order chi connectivity index (χ1) is 42.9. The molecule has 0 heterocycles. The van der Waals surface area contributed by atoms with Gasteiger partial charge in [-0.1, -0.05) is 6.42 Å². The summed E-state index contributed by atoms with van der Waals surface area (Å²) >= 11 is 0. The monoisotopic (exact) mass is 1320 g/mol. The quantitative estimate of drug-likeness (QED) is 0.0147. The fourth-order valence-corrected chi connectivity index (χ4v) is 8.42. The molecule has 0 radical (unpaired) electrons. The Kier molecular flexibility index (Phi) is 50.4. The molecule has 0 aromatic carbocycles. The summed E-state index contributed by atoms with van der Waals surface area (Å²) in [6.45, 7) is 11.7. The van der Waals surface area contributed by atoms with Crippen LogP contribution in [0.4, 0.5) is 0 Å². The van der Waals surface area contributed by atoms with Crippen LogP contribution in [0.3, 0.4) is 0 Å². The number of carbonyl (C=O) groups is 9. The maximum atomic E-state index is 14.2. The van der Waals surface area contributed by atoms with Crippen LogP contribution < -0.4 is 65.5 Å². The van der Waals surface area contributed by atoms with Crippen molar-refractivity contribution < 1.29 is 100 Å². The molecule has 9 amide bonds. The second-order valence-electron chi connectivity index (χ2n) is 22.2. The smallest absolute Gasteiger partial charge is 0.327 e. The minimum Gasteiger partial charge on any atom is -0.396 e. The lowest BCUT2D eigenvalue weighted by atomic mass is 10.0. The summed E-state index contributed by atoms with van der Waals surface area (Å²) in [5.41, 5.74) is -1.55. The van der Waals surface area contributed by atoms with Crippen molar-refractivity contribution in [2.45, 2.75) is 160 Å². The molecule has 0 rings (SSSR count). The minimum atomic E-state index is -3.15. The van der Waals surface area contributed by atoms with Gasteiger partial charge in [0.15, 0.2) is 6.79 Å². The van der Waals surface area contributed by atoms with Crippen molar-refractivity contribution in [1.29, 1.82) is 0 Å². The van der Waals surface area contributed by atoms with Crippen LogP contribution in [0, 0.1) is 5.92 Å².